The average molecular weight is 556 g/mol. The van der Waals surface area contributed by atoms with E-state index in [1.165, 1.54) is 42.1 Å². The number of carbonyl (C=O) groups excluding carboxylic acids is 2. The number of para-hydroxylation sites is 1. The highest BCUT2D eigenvalue weighted by Gasteiger charge is 2.28. The van der Waals surface area contributed by atoms with E-state index in [-0.39, 0.29) is 28.2 Å². The third-order valence-electron chi connectivity index (χ3n) is 6.42. The predicted octanol–water partition coefficient (Wildman–Crippen LogP) is 5.44. The number of rotatable bonds is 9. The number of carbonyl (C=O) groups is 2. The lowest BCUT2D eigenvalue weighted by atomic mass is 9.95. The summed E-state index contributed by atoms with van der Waals surface area (Å²) < 4.78 is 42.1. The molecule has 0 heterocycles. The Balaban J connectivity index is 1.58. The fourth-order valence-electron chi connectivity index (χ4n) is 4.44. The monoisotopic (exact) mass is 555 g/mol. The predicted molar refractivity (Wildman–Crippen MR) is 149 cm³/mol. The van der Waals surface area contributed by atoms with E-state index >= 15 is 0 Å². The van der Waals surface area contributed by atoms with E-state index < -0.39 is 28.3 Å². The summed E-state index contributed by atoms with van der Waals surface area (Å²) in [6.07, 6.45) is 6.99. The van der Waals surface area contributed by atoms with Gasteiger partial charge in [0.2, 0.25) is 5.91 Å². The Hall–Kier alpha value is -3.37. The first-order valence-electron chi connectivity index (χ1n) is 12.4. The van der Waals surface area contributed by atoms with Crippen LogP contribution in [0.5, 0.6) is 0 Å². The van der Waals surface area contributed by atoms with Gasteiger partial charge in [0.15, 0.2) is 0 Å². The molecule has 200 valence electrons. The Morgan fingerprint density at radius 2 is 1.68 bits per heavy atom. The fourth-order valence-corrected chi connectivity index (χ4v) is 6.26. The lowest BCUT2D eigenvalue weighted by Gasteiger charge is -2.25. The number of thioether (sulfide) groups is 1. The number of sulfonamides is 1. The third kappa shape index (κ3) is 6.73. The van der Waals surface area contributed by atoms with Crippen molar-refractivity contribution in [3.8, 4) is 0 Å². The summed E-state index contributed by atoms with van der Waals surface area (Å²) in [7, 11) is -4.21. The van der Waals surface area contributed by atoms with Gasteiger partial charge < -0.3 is 10.6 Å². The molecular formula is C28H30FN3O4S2. The summed E-state index contributed by atoms with van der Waals surface area (Å²) in [5.74, 6) is -1.60. The van der Waals surface area contributed by atoms with Crippen LogP contribution in [0.15, 0.2) is 82.6 Å². The van der Waals surface area contributed by atoms with Crippen molar-refractivity contribution in [2.45, 2.75) is 47.9 Å². The largest absolute Gasteiger partial charge is 0.349 e. The van der Waals surface area contributed by atoms with Gasteiger partial charge in [-0.25, -0.2) is 12.8 Å². The van der Waals surface area contributed by atoms with Gasteiger partial charge in [-0.3, -0.25) is 13.9 Å². The van der Waals surface area contributed by atoms with Gasteiger partial charge >= 0.3 is 0 Å². The highest BCUT2D eigenvalue weighted by molar-refractivity contribution is 7.98. The molecule has 3 aromatic carbocycles. The average Bonchev–Trinajstić information content (AvgIpc) is 2.92. The Kier molecular flexibility index (Phi) is 9.06. The second-order valence-electron chi connectivity index (χ2n) is 9.07. The minimum atomic E-state index is -4.21. The molecule has 0 saturated heterocycles. The van der Waals surface area contributed by atoms with E-state index in [1.54, 1.807) is 36.4 Å². The molecule has 2 N–H and O–H groups in total. The van der Waals surface area contributed by atoms with Crippen LogP contribution in [0.4, 0.5) is 15.8 Å². The standard InChI is InChI=1S/C28H30FN3O4S2/c1-37-23-14-16-24(17-15-23)38(35,36)32(22-11-7-8-20(29)18-22)19-27(33)31-26-13-6-5-12-25(26)28(34)30-21-9-3-2-4-10-21/h5-8,11-18,21H,2-4,9-10,19H2,1H3,(H,30,34)(H,31,33). The van der Waals surface area contributed by atoms with Gasteiger partial charge in [0, 0.05) is 10.9 Å². The first kappa shape index (κ1) is 27.7. The molecule has 2 amide bonds. The van der Waals surface area contributed by atoms with Crippen molar-refractivity contribution in [1.82, 2.24) is 5.32 Å². The summed E-state index contributed by atoms with van der Waals surface area (Å²) in [6, 6.07) is 18.0. The van der Waals surface area contributed by atoms with Crippen LogP contribution >= 0.6 is 11.8 Å². The molecule has 3 aromatic rings. The van der Waals surface area contributed by atoms with E-state index in [9.17, 15) is 22.4 Å². The number of anilines is 2. The molecule has 1 fully saturated rings. The first-order chi connectivity index (χ1) is 18.3. The number of amides is 2. The number of hydrogen-bond donors (Lipinski definition) is 2. The fraction of sp³-hybridized carbons (Fsp3) is 0.286. The molecule has 0 unspecified atom stereocenters. The van der Waals surface area contributed by atoms with E-state index in [0.717, 1.165) is 47.4 Å². The zero-order chi connectivity index (χ0) is 27.1. The maximum Gasteiger partial charge on any atom is 0.264 e. The maximum absolute atomic E-state index is 14.1. The minimum absolute atomic E-state index is 0.0115. The zero-order valence-electron chi connectivity index (χ0n) is 21.0. The smallest absolute Gasteiger partial charge is 0.264 e. The van der Waals surface area contributed by atoms with E-state index in [0.29, 0.717) is 5.56 Å². The summed E-state index contributed by atoms with van der Waals surface area (Å²) in [5, 5.41) is 5.72. The molecule has 10 heteroatoms. The van der Waals surface area contributed by atoms with Gasteiger partial charge in [-0.15, -0.1) is 11.8 Å². The molecule has 0 atom stereocenters. The molecule has 1 aliphatic carbocycles. The quantitative estimate of drug-likeness (QED) is 0.343. The van der Waals surface area contributed by atoms with Gasteiger partial charge in [0.1, 0.15) is 12.4 Å². The van der Waals surface area contributed by atoms with Gasteiger partial charge in [-0.1, -0.05) is 37.5 Å². The second-order valence-corrected chi connectivity index (χ2v) is 11.8. The Morgan fingerprint density at radius 3 is 2.37 bits per heavy atom. The van der Waals surface area contributed by atoms with Gasteiger partial charge in [-0.05, 0) is 73.7 Å². The van der Waals surface area contributed by atoms with Crippen molar-refractivity contribution < 1.29 is 22.4 Å². The van der Waals surface area contributed by atoms with Gasteiger partial charge in [-0.2, -0.15) is 0 Å². The van der Waals surface area contributed by atoms with Crippen LogP contribution in [0.25, 0.3) is 0 Å². The van der Waals surface area contributed by atoms with Crippen LogP contribution in [0, 0.1) is 5.82 Å². The van der Waals surface area contributed by atoms with E-state index in [2.05, 4.69) is 10.6 Å². The van der Waals surface area contributed by atoms with Crippen LogP contribution in [0.1, 0.15) is 42.5 Å². The zero-order valence-corrected chi connectivity index (χ0v) is 22.7. The van der Waals surface area contributed by atoms with Crippen LogP contribution in [-0.4, -0.2) is 39.1 Å². The lowest BCUT2D eigenvalue weighted by molar-refractivity contribution is -0.114. The Bertz CT molecular complexity index is 1390. The molecule has 0 aromatic heterocycles. The normalized spacial score (nSPS) is 14.1. The Labute approximate surface area is 226 Å². The summed E-state index contributed by atoms with van der Waals surface area (Å²) >= 11 is 1.47. The summed E-state index contributed by atoms with van der Waals surface area (Å²) in [6.45, 7) is -0.616. The summed E-state index contributed by atoms with van der Waals surface area (Å²) in [4.78, 5) is 27.0. The number of halogens is 1. The second kappa shape index (κ2) is 12.4. The van der Waals surface area contributed by atoms with Crippen molar-refractivity contribution in [3.05, 3.63) is 84.2 Å². The summed E-state index contributed by atoms with van der Waals surface area (Å²) in [5.41, 5.74) is 0.573. The molecule has 38 heavy (non-hydrogen) atoms. The first-order valence-corrected chi connectivity index (χ1v) is 15.1. The molecule has 4 rings (SSSR count). The van der Waals surface area contributed by atoms with Crippen LogP contribution in [0.3, 0.4) is 0 Å². The van der Waals surface area contributed by atoms with Crippen LogP contribution in [0.2, 0.25) is 0 Å². The van der Waals surface area contributed by atoms with E-state index in [1.807, 2.05) is 6.26 Å². The van der Waals surface area contributed by atoms with Gasteiger partial charge in [0.25, 0.3) is 15.9 Å². The van der Waals surface area contributed by atoms with Crippen molar-refractivity contribution >= 4 is 45.0 Å². The number of hydrogen-bond acceptors (Lipinski definition) is 5. The molecule has 0 spiro atoms. The van der Waals surface area contributed by atoms with Crippen molar-refractivity contribution in [2.24, 2.45) is 0 Å². The number of nitrogens with zero attached hydrogens (tertiary/aromatic N) is 1. The van der Waals surface area contributed by atoms with E-state index in [4.69, 9.17) is 0 Å². The Morgan fingerprint density at radius 1 is 0.974 bits per heavy atom. The minimum Gasteiger partial charge on any atom is -0.349 e. The van der Waals surface area contributed by atoms with Crippen molar-refractivity contribution in [1.29, 1.82) is 0 Å². The molecule has 1 saturated carbocycles. The molecule has 0 aliphatic heterocycles. The highest BCUT2D eigenvalue weighted by Crippen LogP contribution is 2.27. The lowest BCUT2D eigenvalue weighted by Crippen LogP contribution is -2.39. The number of nitrogens with one attached hydrogen (secondary N) is 2. The van der Waals surface area contributed by atoms with Crippen LogP contribution in [-0.2, 0) is 14.8 Å². The maximum atomic E-state index is 14.1. The van der Waals surface area contributed by atoms with Crippen molar-refractivity contribution in [3.63, 3.8) is 0 Å². The number of benzene rings is 3. The highest BCUT2D eigenvalue weighted by atomic mass is 32.2. The molecule has 7 nitrogen and oxygen atoms in total. The molecule has 0 radical (unpaired) electrons. The topological polar surface area (TPSA) is 95.6 Å². The molecular weight excluding hydrogens is 525 g/mol. The third-order valence-corrected chi connectivity index (χ3v) is 8.95. The molecule has 0 bridgehead atoms. The van der Waals surface area contributed by atoms with Crippen LogP contribution < -0.4 is 14.9 Å². The van der Waals surface area contributed by atoms with Crippen molar-refractivity contribution in [2.75, 3.05) is 22.4 Å². The molecule has 1 aliphatic rings. The SMILES string of the molecule is CSc1ccc(S(=O)(=O)N(CC(=O)Nc2ccccc2C(=O)NC2CCCCC2)c2cccc(F)c2)cc1. The van der Waals surface area contributed by atoms with Gasteiger partial charge in [0.05, 0.1) is 21.8 Å².